The molecule has 1 aliphatic rings. The maximum absolute atomic E-state index is 14.1. The van der Waals surface area contributed by atoms with Crippen molar-refractivity contribution in [3.8, 4) is 5.75 Å². The van der Waals surface area contributed by atoms with Gasteiger partial charge in [-0.05, 0) is 60.4 Å². The summed E-state index contributed by atoms with van der Waals surface area (Å²) in [6.45, 7) is 7.95. The number of ether oxygens (including phenoxy) is 2. The van der Waals surface area contributed by atoms with E-state index in [0.717, 1.165) is 21.8 Å². The van der Waals surface area contributed by atoms with Crippen LogP contribution in [0.5, 0.6) is 5.75 Å². The molecule has 3 aromatic carbocycles. The van der Waals surface area contributed by atoms with E-state index in [1.165, 1.54) is 6.07 Å². The van der Waals surface area contributed by atoms with Crippen LogP contribution in [0.4, 0.5) is 4.39 Å². The summed E-state index contributed by atoms with van der Waals surface area (Å²) in [6.07, 6.45) is 1.62. The fourth-order valence-corrected chi connectivity index (χ4v) is 5.32. The van der Waals surface area contributed by atoms with E-state index in [2.05, 4.69) is 41.7 Å². The fourth-order valence-electron chi connectivity index (χ4n) is 3.94. The molecule has 0 fully saturated rings. The molecule has 41 heavy (non-hydrogen) atoms. The normalized spacial score (nSPS) is 15.5. The Balaban J connectivity index is 1.68. The minimum atomic E-state index is -0.791. The Hall–Kier alpha value is -3.69. The molecule has 0 saturated heterocycles. The number of halogens is 2. The smallest absolute Gasteiger partial charge is 0.344 e. The fraction of sp³-hybridized carbons (Fsp3) is 0.219. The lowest BCUT2D eigenvalue weighted by molar-refractivity contribution is -0.138. The van der Waals surface area contributed by atoms with Crippen LogP contribution < -0.4 is 4.74 Å². The molecule has 0 spiro atoms. The number of hydrogen-bond acceptors (Lipinski definition) is 6. The Morgan fingerprint density at radius 3 is 2.44 bits per heavy atom. The zero-order valence-electron chi connectivity index (χ0n) is 23.0. The third-order valence-electron chi connectivity index (χ3n) is 6.17. The molecule has 212 valence electrons. The summed E-state index contributed by atoms with van der Waals surface area (Å²) in [4.78, 5) is 30.3. The van der Waals surface area contributed by atoms with Gasteiger partial charge in [0.05, 0.1) is 11.5 Å². The number of benzene rings is 3. The number of carbonyl (C=O) groups is 2. The number of aliphatic imine (C=N–C) groups is 1. The molecule has 0 aromatic heterocycles. The number of amides is 1. The van der Waals surface area contributed by atoms with Crippen LogP contribution in [0, 0.1) is 5.82 Å². The van der Waals surface area contributed by atoms with Crippen molar-refractivity contribution in [3.05, 3.63) is 116 Å². The summed E-state index contributed by atoms with van der Waals surface area (Å²) < 4.78 is 25.9. The standard InChI is InChI=1S/C32H29BrFNO5S/c1-5-39-31(38)27-28(36)26(41-30(27)35-29(37)19-10-12-22(13-11-19)32(2,3)4)17-21-16-23(33)14-15-25(21)40-18-20-8-6-7-9-24(20)34/h6-17,36H,5,18H2,1-4H3. The lowest BCUT2D eigenvalue weighted by atomic mass is 9.87. The second-order valence-corrected chi connectivity index (χ2v) is 12.1. The van der Waals surface area contributed by atoms with E-state index in [1.54, 1.807) is 61.5 Å². The SMILES string of the molecule is CCOC(=O)C1=C(O)C(=Cc2cc(Br)ccc2OCc2ccccc2F)SC1=NC(=O)c1ccc(C(C)(C)C)cc1. The van der Waals surface area contributed by atoms with Gasteiger partial charge in [-0.3, -0.25) is 4.79 Å². The summed E-state index contributed by atoms with van der Waals surface area (Å²) in [7, 11) is 0. The predicted molar refractivity (Wildman–Crippen MR) is 164 cm³/mol. The van der Waals surface area contributed by atoms with Gasteiger partial charge in [0.1, 0.15) is 34.5 Å². The van der Waals surface area contributed by atoms with Gasteiger partial charge in [-0.1, -0.05) is 78.8 Å². The Morgan fingerprint density at radius 1 is 1.07 bits per heavy atom. The van der Waals surface area contributed by atoms with Gasteiger partial charge < -0.3 is 14.6 Å². The molecule has 0 atom stereocenters. The van der Waals surface area contributed by atoms with E-state index in [-0.39, 0.29) is 45.7 Å². The highest BCUT2D eigenvalue weighted by atomic mass is 79.9. The van der Waals surface area contributed by atoms with Crippen LogP contribution in [0.2, 0.25) is 0 Å². The molecule has 3 aromatic rings. The van der Waals surface area contributed by atoms with Crippen molar-refractivity contribution < 1.29 is 28.6 Å². The summed E-state index contributed by atoms with van der Waals surface area (Å²) >= 11 is 4.42. The van der Waals surface area contributed by atoms with Crippen LogP contribution in [0.15, 0.2) is 92.4 Å². The van der Waals surface area contributed by atoms with E-state index >= 15 is 0 Å². The third kappa shape index (κ3) is 7.34. The quantitative estimate of drug-likeness (QED) is 0.263. The first-order valence-corrected chi connectivity index (χ1v) is 14.5. The molecule has 1 aliphatic heterocycles. The number of aliphatic hydroxyl groups excluding tert-OH is 1. The molecule has 0 unspecified atom stereocenters. The van der Waals surface area contributed by atoms with Gasteiger partial charge in [0.25, 0.3) is 5.91 Å². The maximum atomic E-state index is 14.1. The third-order valence-corrected chi connectivity index (χ3v) is 7.68. The van der Waals surface area contributed by atoms with Crippen molar-refractivity contribution in [2.75, 3.05) is 6.61 Å². The van der Waals surface area contributed by atoms with Crippen LogP contribution >= 0.6 is 27.7 Å². The lowest BCUT2D eigenvalue weighted by Gasteiger charge is -2.18. The Morgan fingerprint density at radius 2 is 1.78 bits per heavy atom. The first kappa shape index (κ1) is 30.3. The number of carbonyl (C=O) groups excluding carboxylic acids is 2. The average Bonchev–Trinajstić information content (AvgIpc) is 3.22. The van der Waals surface area contributed by atoms with Crippen LogP contribution in [0.1, 0.15) is 54.7 Å². The average molecular weight is 639 g/mol. The zero-order valence-corrected chi connectivity index (χ0v) is 25.4. The number of esters is 1. The monoisotopic (exact) mass is 637 g/mol. The number of nitrogens with zero attached hydrogens (tertiary/aromatic N) is 1. The molecule has 0 bridgehead atoms. The number of aliphatic hydroxyl groups is 1. The van der Waals surface area contributed by atoms with Crippen LogP contribution in [-0.2, 0) is 21.6 Å². The zero-order chi connectivity index (χ0) is 29.7. The summed E-state index contributed by atoms with van der Waals surface area (Å²) in [5.74, 6) is -1.66. The van der Waals surface area contributed by atoms with Gasteiger partial charge in [0.15, 0.2) is 0 Å². The topological polar surface area (TPSA) is 85.2 Å². The summed E-state index contributed by atoms with van der Waals surface area (Å²) in [6, 6.07) is 18.7. The molecular weight excluding hydrogens is 609 g/mol. The second kappa shape index (κ2) is 12.9. The van der Waals surface area contributed by atoms with Crippen molar-refractivity contribution in [2.24, 2.45) is 4.99 Å². The molecule has 1 amide bonds. The Kier molecular flexibility index (Phi) is 9.50. The van der Waals surface area contributed by atoms with E-state index in [9.17, 15) is 19.1 Å². The van der Waals surface area contributed by atoms with Gasteiger partial charge in [-0.25, -0.2) is 14.2 Å². The van der Waals surface area contributed by atoms with Crippen molar-refractivity contribution in [1.82, 2.24) is 0 Å². The highest BCUT2D eigenvalue weighted by Gasteiger charge is 2.34. The summed E-state index contributed by atoms with van der Waals surface area (Å²) in [5.41, 5.74) is 2.09. The summed E-state index contributed by atoms with van der Waals surface area (Å²) in [5, 5.41) is 11.1. The maximum Gasteiger partial charge on any atom is 0.344 e. The van der Waals surface area contributed by atoms with Crippen molar-refractivity contribution >= 4 is 50.7 Å². The molecular formula is C32H29BrFNO5S. The second-order valence-electron chi connectivity index (χ2n) is 10.2. The van der Waals surface area contributed by atoms with Crippen molar-refractivity contribution in [2.45, 2.75) is 39.7 Å². The van der Waals surface area contributed by atoms with E-state index in [1.807, 2.05) is 12.1 Å². The highest BCUT2D eigenvalue weighted by Crippen LogP contribution is 2.41. The molecule has 1 heterocycles. The largest absolute Gasteiger partial charge is 0.506 e. The van der Waals surface area contributed by atoms with Crippen LogP contribution in [-0.4, -0.2) is 28.6 Å². The van der Waals surface area contributed by atoms with Gasteiger partial charge >= 0.3 is 5.97 Å². The molecule has 6 nitrogen and oxygen atoms in total. The molecule has 0 saturated carbocycles. The van der Waals surface area contributed by atoms with E-state index < -0.39 is 11.9 Å². The van der Waals surface area contributed by atoms with E-state index in [4.69, 9.17) is 9.47 Å². The van der Waals surface area contributed by atoms with E-state index in [0.29, 0.717) is 22.4 Å². The molecule has 0 radical (unpaired) electrons. The van der Waals surface area contributed by atoms with Crippen LogP contribution in [0.25, 0.3) is 6.08 Å². The molecule has 1 N–H and O–H groups in total. The van der Waals surface area contributed by atoms with Gasteiger partial charge in [0, 0.05) is 21.2 Å². The molecule has 4 rings (SSSR count). The first-order chi connectivity index (χ1) is 19.5. The first-order valence-electron chi connectivity index (χ1n) is 12.9. The number of thioether (sulfide) groups is 1. The molecule has 9 heteroatoms. The Labute approximate surface area is 251 Å². The number of rotatable bonds is 7. The van der Waals surface area contributed by atoms with Gasteiger partial charge in [-0.15, -0.1) is 0 Å². The highest BCUT2D eigenvalue weighted by molar-refractivity contribution is 9.10. The van der Waals surface area contributed by atoms with Gasteiger partial charge in [-0.2, -0.15) is 0 Å². The van der Waals surface area contributed by atoms with Crippen LogP contribution in [0.3, 0.4) is 0 Å². The van der Waals surface area contributed by atoms with Crippen molar-refractivity contribution in [1.29, 1.82) is 0 Å². The minimum absolute atomic E-state index is 0.0112. The predicted octanol–water partition coefficient (Wildman–Crippen LogP) is 8.17. The van der Waals surface area contributed by atoms with Crippen molar-refractivity contribution in [3.63, 3.8) is 0 Å². The lowest BCUT2D eigenvalue weighted by Crippen LogP contribution is -2.14. The minimum Gasteiger partial charge on any atom is -0.506 e. The molecule has 0 aliphatic carbocycles. The van der Waals surface area contributed by atoms with Gasteiger partial charge in [0.2, 0.25) is 0 Å². The number of hydrogen-bond donors (Lipinski definition) is 1. The Bertz CT molecular complexity index is 1570.